The normalized spacial score (nSPS) is 13.9. The number of nitrogens with one attached hydrogen (secondary N) is 3. The number of benzene rings is 1. The summed E-state index contributed by atoms with van der Waals surface area (Å²) in [4.78, 5) is 18.4. The van der Waals surface area contributed by atoms with Crippen LogP contribution in [0.2, 0.25) is 5.02 Å². The first-order chi connectivity index (χ1) is 9.22. The second-order valence-corrected chi connectivity index (χ2v) is 4.85. The molecule has 0 saturated heterocycles. The molecule has 2 aromatic rings. The van der Waals surface area contributed by atoms with Crippen molar-refractivity contribution in [2.45, 2.75) is 13.0 Å². The molecule has 1 aliphatic rings. The number of nitrogens with zero attached hydrogens (tertiary/aromatic N) is 1. The molecule has 0 atom stereocenters. The lowest BCUT2D eigenvalue weighted by Gasteiger charge is -2.19. The molecule has 0 aliphatic carbocycles. The third-order valence-corrected chi connectivity index (χ3v) is 3.30. The van der Waals surface area contributed by atoms with E-state index in [0.29, 0.717) is 17.4 Å². The summed E-state index contributed by atoms with van der Waals surface area (Å²) in [5.41, 5.74) is 2.44. The zero-order chi connectivity index (χ0) is 13.2. The number of aromatic amines is 1. The summed E-state index contributed by atoms with van der Waals surface area (Å²) in [6.45, 7) is 1.56. The van der Waals surface area contributed by atoms with E-state index in [1.165, 1.54) is 0 Å². The Morgan fingerprint density at radius 3 is 3.11 bits per heavy atom. The van der Waals surface area contributed by atoms with Crippen LogP contribution in [0.25, 0.3) is 0 Å². The van der Waals surface area contributed by atoms with E-state index in [2.05, 4.69) is 20.6 Å². The van der Waals surface area contributed by atoms with Crippen LogP contribution in [0.5, 0.6) is 0 Å². The molecule has 19 heavy (non-hydrogen) atoms. The predicted molar refractivity (Wildman–Crippen MR) is 75.0 cm³/mol. The molecule has 0 radical (unpaired) electrons. The molecule has 0 unspecified atom stereocenters. The summed E-state index contributed by atoms with van der Waals surface area (Å²) < 4.78 is 0. The zero-order valence-electron chi connectivity index (χ0n) is 10.2. The molecular weight excluding hydrogens is 264 g/mol. The summed E-state index contributed by atoms with van der Waals surface area (Å²) in [5, 5.41) is 7.07. The van der Waals surface area contributed by atoms with Gasteiger partial charge in [-0.15, -0.1) is 0 Å². The highest BCUT2D eigenvalue weighted by Gasteiger charge is 2.15. The highest BCUT2D eigenvalue weighted by atomic mass is 35.5. The second-order valence-electron chi connectivity index (χ2n) is 4.41. The van der Waals surface area contributed by atoms with Gasteiger partial charge in [0.25, 0.3) is 0 Å². The minimum Gasteiger partial charge on any atom is -0.340 e. The van der Waals surface area contributed by atoms with Crippen molar-refractivity contribution in [1.29, 1.82) is 0 Å². The molecule has 0 spiro atoms. The fourth-order valence-electron chi connectivity index (χ4n) is 2.18. The van der Waals surface area contributed by atoms with Gasteiger partial charge in [0.15, 0.2) is 0 Å². The van der Waals surface area contributed by atoms with E-state index in [4.69, 9.17) is 11.6 Å². The Labute approximate surface area is 115 Å². The Morgan fingerprint density at radius 2 is 2.26 bits per heavy atom. The van der Waals surface area contributed by atoms with Crippen molar-refractivity contribution in [2.75, 3.05) is 11.9 Å². The van der Waals surface area contributed by atoms with E-state index < -0.39 is 0 Å². The van der Waals surface area contributed by atoms with Crippen LogP contribution >= 0.6 is 11.6 Å². The Balaban J connectivity index is 2.00. The molecule has 2 heterocycles. The molecule has 3 N–H and O–H groups in total. The second kappa shape index (κ2) is 5.03. The van der Waals surface area contributed by atoms with Crippen LogP contribution < -0.4 is 16.3 Å². The molecule has 1 aromatic carbocycles. The third kappa shape index (κ3) is 2.62. The highest BCUT2D eigenvalue weighted by molar-refractivity contribution is 6.30. The van der Waals surface area contributed by atoms with Crippen LogP contribution in [0.4, 0.5) is 11.5 Å². The largest absolute Gasteiger partial charge is 0.347 e. The van der Waals surface area contributed by atoms with Gasteiger partial charge in [0.05, 0.1) is 0 Å². The number of hydrogen-bond acceptors (Lipinski definition) is 4. The van der Waals surface area contributed by atoms with Gasteiger partial charge in [-0.2, -0.15) is 4.98 Å². The number of H-pyrrole nitrogens is 1. The van der Waals surface area contributed by atoms with Crippen LogP contribution in [-0.2, 0) is 13.0 Å². The maximum absolute atomic E-state index is 11.6. The fourth-order valence-corrected chi connectivity index (χ4v) is 2.37. The van der Waals surface area contributed by atoms with Gasteiger partial charge in [-0.1, -0.05) is 17.7 Å². The molecule has 1 aromatic heterocycles. The smallest absolute Gasteiger partial charge is 0.340 e. The van der Waals surface area contributed by atoms with E-state index in [9.17, 15) is 4.79 Å². The molecule has 1 aliphatic heterocycles. The van der Waals surface area contributed by atoms with Crippen molar-refractivity contribution >= 4 is 23.1 Å². The summed E-state index contributed by atoms with van der Waals surface area (Å²) in [6.07, 6.45) is 0.803. The summed E-state index contributed by atoms with van der Waals surface area (Å²) in [7, 11) is 0. The number of hydrogen-bond donors (Lipinski definition) is 3. The molecule has 0 saturated carbocycles. The number of halogens is 1. The summed E-state index contributed by atoms with van der Waals surface area (Å²) in [5.74, 6) is 0.591. The molecule has 0 amide bonds. The fraction of sp³-hybridized carbons (Fsp3) is 0.231. The van der Waals surface area contributed by atoms with Gasteiger partial charge < -0.3 is 15.6 Å². The standard InChI is InChI=1S/C13H13ClN4O/c14-8-2-1-3-9(6-8)16-12-10-7-15-5-4-11(10)17-13(19)18-12/h1-3,6,15H,4-5,7H2,(H2,16,17,18,19). The first-order valence-corrected chi connectivity index (χ1v) is 6.45. The lowest BCUT2D eigenvalue weighted by Crippen LogP contribution is -2.29. The number of fused-ring (bicyclic) bond motifs is 1. The Morgan fingerprint density at radius 1 is 1.37 bits per heavy atom. The van der Waals surface area contributed by atoms with Gasteiger partial charge in [-0.25, -0.2) is 4.79 Å². The Kier molecular flexibility index (Phi) is 3.23. The van der Waals surface area contributed by atoms with E-state index in [0.717, 1.165) is 29.9 Å². The molecular formula is C13H13ClN4O. The maximum Gasteiger partial charge on any atom is 0.347 e. The Hall–Kier alpha value is -1.85. The summed E-state index contributed by atoms with van der Waals surface area (Å²) in [6, 6.07) is 7.34. The molecule has 0 bridgehead atoms. The van der Waals surface area contributed by atoms with Crippen LogP contribution in [0.3, 0.4) is 0 Å². The van der Waals surface area contributed by atoms with Gasteiger partial charge in [0, 0.05) is 41.5 Å². The average molecular weight is 277 g/mol. The van der Waals surface area contributed by atoms with Crippen molar-refractivity contribution < 1.29 is 0 Å². The molecule has 0 fully saturated rings. The monoisotopic (exact) mass is 276 g/mol. The maximum atomic E-state index is 11.6. The topological polar surface area (TPSA) is 69.8 Å². The third-order valence-electron chi connectivity index (χ3n) is 3.06. The van der Waals surface area contributed by atoms with E-state index in [-0.39, 0.29) is 5.69 Å². The van der Waals surface area contributed by atoms with Crippen molar-refractivity contribution in [1.82, 2.24) is 15.3 Å². The molecule has 5 nitrogen and oxygen atoms in total. The van der Waals surface area contributed by atoms with Crippen molar-refractivity contribution in [3.05, 3.63) is 51.0 Å². The lowest BCUT2D eigenvalue weighted by molar-refractivity contribution is 0.624. The van der Waals surface area contributed by atoms with Crippen molar-refractivity contribution in [2.24, 2.45) is 0 Å². The quantitative estimate of drug-likeness (QED) is 0.782. The minimum atomic E-state index is -0.329. The number of rotatable bonds is 2. The highest BCUT2D eigenvalue weighted by Crippen LogP contribution is 2.23. The van der Waals surface area contributed by atoms with Gasteiger partial charge in [-0.3, -0.25) is 0 Å². The van der Waals surface area contributed by atoms with E-state index >= 15 is 0 Å². The lowest BCUT2D eigenvalue weighted by atomic mass is 10.1. The number of anilines is 2. The van der Waals surface area contributed by atoms with E-state index in [1.54, 1.807) is 12.1 Å². The SMILES string of the molecule is O=c1nc(Nc2cccc(Cl)c2)c2c([nH]1)CCNC2. The van der Waals surface area contributed by atoms with Gasteiger partial charge >= 0.3 is 5.69 Å². The van der Waals surface area contributed by atoms with Crippen LogP contribution in [0.1, 0.15) is 11.3 Å². The van der Waals surface area contributed by atoms with Crippen LogP contribution in [0.15, 0.2) is 29.1 Å². The predicted octanol–water partition coefficient (Wildman–Crippen LogP) is 1.81. The first kappa shape index (κ1) is 12.2. The average Bonchev–Trinajstić information content (AvgIpc) is 2.38. The first-order valence-electron chi connectivity index (χ1n) is 6.08. The summed E-state index contributed by atoms with van der Waals surface area (Å²) >= 11 is 5.95. The zero-order valence-corrected chi connectivity index (χ0v) is 10.9. The molecule has 98 valence electrons. The molecule has 6 heteroatoms. The van der Waals surface area contributed by atoms with Gasteiger partial charge in [0.2, 0.25) is 0 Å². The van der Waals surface area contributed by atoms with Crippen molar-refractivity contribution in [3.63, 3.8) is 0 Å². The molecule has 3 rings (SSSR count). The minimum absolute atomic E-state index is 0.329. The van der Waals surface area contributed by atoms with Gasteiger partial charge in [-0.05, 0) is 18.2 Å². The van der Waals surface area contributed by atoms with Crippen molar-refractivity contribution in [3.8, 4) is 0 Å². The Bertz CT molecular complexity index is 668. The number of aromatic nitrogens is 2. The van der Waals surface area contributed by atoms with Crippen LogP contribution in [-0.4, -0.2) is 16.5 Å². The van der Waals surface area contributed by atoms with Gasteiger partial charge in [0.1, 0.15) is 5.82 Å². The van der Waals surface area contributed by atoms with Crippen LogP contribution in [0, 0.1) is 0 Å². The van der Waals surface area contributed by atoms with E-state index in [1.807, 2.05) is 12.1 Å².